The van der Waals surface area contributed by atoms with Crippen LogP contribution in [0, 0.1) is 0 Å². The molecule has 0 aromatic carbocycles. The highest BCUT2D eigenvalue weighted by atomic mass is 16.5. The maximum Gasteiger partial charge on any atom is 0.305 e. The SMILES string of the molecule is CCCCCCCCCCCCCCCCCCC/C=C/C(O)C(CO)NC(=O)CCCCCCCCC/C=C\CCCCCCCCCCCCOC(=O)CCCCCCCCCCCCCCCCCC. The van der Waals surface area contributed by atoms with Crippen molar-refractivity contribution < 1.29 is 24.5 Å². The van der Waals surface area contributed by atoms with E-state index in [-0.39, 0.29) is 18.5 Å². The Kier molecular flexibility index (Phi) is 61.4. The number of ether oxygens (including phenoxy) is 1. The first kappa shape index (κ1) is 71.3. The fourth-order valence-electron chi connectivity index (χ4n) is 10.4. The van der Waals surface area contributed by atoms with Crippen molar-refractivity contribution in [2.24, 2.45) is 0 Å². The van der Waals surface area contributed by atoms with Crippen molar-refractivity contribution in [3.05, 3.63) is 24.3 Å². The topological polar surface area (TPSA) is 95.9 Å². The summed E-state index contributed by atoms with van der Waals surface area (Å²) in [7, 11) is 0. The predicted molar refractivity (Wildman–Crippen MR) is 320 cm³/mol. The van der Waals surface area contributed by atoms with Gasteiger partial charge in [0.2, 0.25) is 5.91 Å². The number of carbonyl (C=O) groups excluding carboxylic acids is 2. The molecule has 0 aliphatic rings. The number of nitrogens with one attached hydrogen (secondary N) is 1. The summed E-state index contributed by atoms with van der Waals surface area (Å²) in [6.45, 7) is 4.93. The van der Waals surface area contributed by atoms with Gasteiger partial charge in [-0.05, 0) is 57.8 Å². The van der Waals surface area contributed by atoms with Crippen LogP contribution in [-0.4, -0.2) is 47.4 Å². The summed E-state index contributed by atoms with van der Waals surface area (Å²) >= 11 is 0. The standard InChI is InChI=1S/C67H129NO5/c1-3-5-7-9-11-13-15-17-19-21-25-28-31-35-39-43-47-51-55-59-65(70)64(63-69)68-66(71)60-56-52-48-44-40-36-32-29-26-23-22-24-27-30-34-38-42-46-50-54-58-62-73-67(72)61-57-53-49-45-41-37-33-20-18-16-14-12-10-8-6-4-2/h23,26,55,59,64-65,69-70H,3-22,24-25,27-54,56-58,60-63H2,1-2H3,(H,68,71)/b26-23-,59-55+. The van der Waals surface area contributed by atoms with E-state index in [1.54, 1.807) is 6.08 Å². The van der Waals surface area contributed by atoms with Gasteiger partial charge in [0.05, 0.1) is 25.4 Å². The second-order valence-corrected chi connectivity index (χ2v) is 22.8. The van der Waals surface area contributed by atoms with Gasteiger partial charge >= 0.3 is 5.97 Å². The zero-order valence-corrected chi connectivity index (χ0v) is 49.4. The third-order valence-electron chi connectivity index (χ3n) is 15.5. The average molecular weight is 1030 g/mol. The molecule has 0 bridgehead atoms. The van der Waals surface area contributed by atoms with E-state index in [1.807, 2.05) is 6.08 Å². The molecule has 2 unspecified atom stereocenters. The molecule has 0 heterocycles. The maximum atomic E-state index is 12.5. The summed E-state index contributed by atoms with van der Waals surface area (Å²) in [4.78, 5) is 24.6. The Bertz CT molecular complexity index is 1140. The van der Waals surface area contributed by atoms with Gasteiger partial charge in [0.25, 0.3) is 0 Å². The van der Waals surface area contributed by atoms with Crippen LogP contribution in [0.2, 0.25) is 0 Å². The van der Waals surface area contributed by atoms with E-state index in [1.165, 1.54) is 295 Å². The van der Waals surface area contributed by atoms with Gasteiger partial charge in [0.15, 0.2) is 0 Å². The first-order chi connectivity index (χ1) is 36.0. The second-order valence-electron chi connectivity index (χ2n) is 22.8. The molecule has 0 spiro atoms. The predicted octanol–water partition coefficient (Wildman–Crippen LogP) is 21.0. The molecule has 3 N–H and O–H groups in total. The number of rotatable bonds is 62. The summed E-state index contributed by atoms with van der Waals surface area (Å²) in [5, 5.41) is 23.2. The highest BCUT2D eigenvalue weighted by molar-refractivity contribution is 5.76. The van der Waals surface area contributed by atoms with E-state index in [2.05, 4.69) is 31.3 Å². The zero-order chi connectivity index (χ0) is 52.9. The summed E-state index contributed by atoms with van der Waals surface area (Å²) in [6, 6.07) is -0.634. The summed E-state index contributed by atoms with van der Waals surface area (Å²) < 4.78 is 5.49. The monoisotopic (exact) mass is 1030 g/mol. The molecule has 0 aliphatic heterocycles. The lowest BCUT2D eigenvalue weighted by Crippen LogP contribution is -2.45. The molecule has 432 valence electrons. The molecule has 6 nitrogen and oxygen atoms in total. The number of esters is 1. The van der Waals surface area contributed by atoms with Crippen LogP contribution in [0.5, 0.6) is 0 Å². The Morgan fingerprint density at radius 1 is 0.370 bits per heavy atom. The Hall–Kier alpha value is -1.66. The second kappa shape index (κ2) is 62.9. The summed E-state index contributed by atoms with van der Waals surface area (Å²) in [6.07, 6.45) is 78.0. The molecular weight excluding hydrogens is 899 g/mol. The minimum atomic E-state index is -0.850. The quantitative estimate of drug-likeness (QED) is 0.0320. The van der Waals surface area contributed by atoms with E-state index in [0.29, 0.717) is 19.4 Å². The molecule has 0 aromatic heterocycles. The first-order valence-corrected chi connectivity index (χ1v) is 33.1. The Labute approximate surface area is 456 Å². The van der Waals surface area contributed by atoms with E-state index in [4.69, 9.17) is 4.74 Å². The fraction of sp³-hybridized carbons (Fsp3) is 0.910. The third-order valence-corrected chi connectivity index (χ3v) is 15.5. The Balaban J connectivity index is 3.44. The van der Waals surface area contributed by atoms with Gasteiger partial charge in [-0.1, -0.05) is 321 Å². The lowest BCUT2D eigenvalue weighted by Gasteiger charge is -2.20. The molecule has 73 heavy (non-hydrogen) atoms. The van der Waals surface area contributed by atoms with Crippen molar-refractivity contribution in [1.29, 1.82) is 0 Å². The van der Waals surface area contributed by atoms with Crippen LogP contribution >= 0.6 is 0 Å². The minimum Gasteiger partial charge on any atom is -0.466 e. The van der Waals surface area contributed by atoms with Crippen molar-refractivity contribution in [2.75, 3.05) is 13.2 Å². The summed E-state index contributed by atoms with van der Waals surface area (Å²) in [5.41, 5.74) is 0. The number of hydrogen-bond acceptors (Lipinski definition) is 5. The van der Waals surface area contributed by atoms with Crippen molar-refractivity contribution in [3.63, 3.8) is 0 Å². The zero-order valence-electron chi connectivity index (χ0n) is 49.4. The van der Waals surface area contributed by atoms with Gasteiger partial charge in [-0.15, -0.1) is 0 Å². The van der Waals surface area contributed by atoms with Crippen LogP contribution < -0.4 is 5.32 Å². The van der Waals surface area contributed by atoms with Crippen LogP contribution in [0.3, 0.4) is 0 Å². The van der Waals surface area contributed by atoms with Gasteiger partial charge in [0.1, 0.15) is 0 Å². The summed E-state index contributed by atoms with van der Waals surface area (Å²) in [5.74, 6) is -0.0609. The van der Waals surface area contributed by atoms with Crippen LogP contribution in [0.4, 0.5) is 0 Å². The van der Waals surface area contributed by atoms with Crippen LogP contribution in [-0.2, 0) is 14.3 Å². The molecule has 0 fully saturated rings. The van der Waals surface area contributed by atoms with Gasteiger partial charge in [-0.25, -0.2) is 0 Å². The van der Waals surface area contributed by atoms with Crippen molar-refractivity contribution in [3.8, 4) is 0 Å². The Morgan fingerprint density at radius 3 is 0.973 bits per heavy atom. The number of hydrogen-bond donors (Lipinski definition) is 3. The molecule has 0 aliphatic carbocycles. The highest BCUT2D eigenvalue weighted by Gasteiger charge is 2.18. The van der Waals surface area contributed by atoms with E-state index in [0.717, 1.165) is 44.9 Å². The normalized spacial score (nSPS) is 12.7. The van der Waals surface area contributed by atoms with Crippen LogP contribution in [0.1, 0.15) is 367 Å². The molecule has 0 rings (SSSR count). The molecule has 0 radical (unpaired) electrons. The van der Waals surface area contributed by atoms with Crippen molar-refractivity contribution in [2.45, 2.75) is 379 Å². The van der Waals surface area contributed by atoms with Gasteiger partial charge in [-0.2, -0.15) is 0 Å². The van der Waals surface area contributed by atoms with Gasteiger partial charge in [-0.3, -0.25) is 9.59 Å². The van der Waals surface area contributed by atoms with Gasteiger partial charge < -0.3 is 20.3 Å². The highest BCUT2D eigenvalue weighted by Crippen LogP contribution is 2.18. The molecule has 0 saturated carbocycles. The lowest BCUT2D eigenvalue weighted by molar-refractivity contribution is -0.143. The molecule has 1 amide bonds. The number of allylic oxidation sites excluding steroid dienone is 3. The minimum absolute atomic E-state index is 0.0117. The number of amides is 1. The van der Waals surface area contributed by atoms with E-state index in [9.17, 15) is 19.8 Å². The molecular formula is C67H129NO5. The largest absolute Gasteiger partial charge is 0.466 e. The van der Waals surface area contributed by atoms with E-state index >= 15 is 0 Å². The van der Waals surface area contributed by atoms with Crippen molar-refractivity contribution in [1.82, 2.24) is 5.32 Å². The lowest BCUT2D eigenvalue weighted by atomic mass is 10.0. The third kappa shape index (κ3) is 59.4. The number of aliphatic hydroxyl groups excluding tert-OH is 2. The molecule has 0 saturated heterocycles. The fourth-order valence-corrected chi connectivity index (χ4v) is 10.4. The van der Waals surface area contributed by atoms with Crippen LogP contribution in [0.25, 0.3) is 0 Å². The molecule has 0 aromatic rings. The van der Waals surface area contributed by atoms with Gasteiger partial charge in [0, 0.05) is 12.8 Å². The number of unbranched alkanes of at least 4 members (excludes halogenated alkanes) is 49. The van der Waals surface area contributed by atoms with E-state index < -0.39 is 12.1 Å². The van der Waals surface area contributed by atoms with Crippen molar-refractivity contribution >= 4 is 11.9 Å². The average Bonchev–Trinajstić information content (AvgIpc) is 3.39. The number of aliphatic hydroxyl groups is 2. The smallest absolute Gasteiger partial charge is 0.305 e. The molecule has 6 heteroatoms. The van der Waals surface area contributed by atoms with Crippen LogP contribution in [0.15, 0.2) is 24.3 Å². The first-order valence-electron chi connectivity index (χ1n) is 33.1. The number of carbonyl (C=O) groups is 2. The Morgan fingerprint density at radius 2 is 0.644 bits per heavy atom. The maximum absolute atomic E-state index is 12.5. The molecule has 2 atom stereocenters.